The quantitative estimate of drug-likeness (QED) is 0.912. The van der Waals surface area contributed by atoms with E-state index in [4.69, 9.17) is 5.14 Å². The summed E-state index contributed by atoms with van der Waals surface area (Å²) in [5.41, 5.74) is 0.879. The van der Waals surface area contributed by atoms with E-state index in [1.807, 2.05) is 22.4 Å². The van der Waals surface area contributed by atoms with Crippen molar-refractivity contribution in [2.75, 3.05) is 5.75 Å². The van der Waals surface area contributed by atoms with Crippen LogP contribution in [0.15, 0.2) is 46.7 Å². The van der Waals surface area contributed by atoms with Crippen molar-refractivity contribution < 1.29 is 13.2 Å². The first-order chi connectivity index (χ1) is 10.4. The van der Waals surface area contributed by atoms with E-state index < -0.39 is 10.0 Å². The van der Waals surface area contributed by atoms with Gasteiger partial charge in [-0.3, -0.25) is 4.79 Å². The Morgan fingerprint density at radius 2 is 1.95 bits per heavy atom. The maximum atomic E-state index is 12.1. The number of primary sulfonamides is 1. The van der Waals surface area contributed by atoms with Crippen LogP contribution in [0.3, 0.4) is 0 Å². The Balaban J connectivity index is 1.80. The first-order valence-electron chi connectivity index (χ1n) is 6.51. The number of carbonyl (C=O) groups excluding carboxylic acids is 1. The summed E-state index contributed by atoms with van der Waals surface area (Å²) in [5.74, 6) is 0.566. The SMILES string of the molecule is NS(=O)(=O)c1ccc(CN2C(=O)CSC2c2cccs2)cc1. The predicted molar refractivity (Wildman–Crippen MR) is 87.9 cm³/mol. The molecule has 8 heteroatoms. The van der Waals surface area contributed by atoms with Gasteiger partial charge in [0, 0.05) is 11.4 Å². The van der Waals surface area contributed by atoms with Crippen LogP contribution >= 0.6 is 23.1 Å². The van der Waals surface area contributed by atoms with Gasteiger partial charge in [0.05, 0.1) is 10.6 Å². The van der Waals surface area contributed by atoms with Crippen LogP contribution in [0.5, 0.6) is 0 Å². The van der Waals surface area contributed by atoms with Crippen LogP contribution < -0.4 is 5.14 Å². The van der Waals surface area contributed by atoms with Crippen molar-refractivity contribution in [3.8, 4) is 0 Å². The molecule has 116 valence electrons. The zero-order chi connectivity index (χ0) is 15.7. The highest BCUT2D eigenvalue weighted by molar-refractivity contribution is 8.00. The molecule has 1 saturated heterocycles. The molecule has 0 spiro atoms. The third-order valence-corrected chi connectivity index (χ3v) is 6.60. The lowest BCUT2D eigenvalue weighted by atomic mass is 10.2. The fourth-order valence-corrected chi connectivity index (χ4v) is 4.96. The number of hydrogen-bond donors (Lipinski definition) is 1. The number of carbonyl (C=O) groups is 1. The van der Waals surface area contributed by atoms with Crippen molar-refractivity contribution in [3.63, 3.8) is 0 Å². The van der Waals surface area contributed by atoms with Gasteiger partial charge < -0.3 is 4.90 Å². The molecular weight excluding hydrogens is 340 g/mol. The number of hydrogen-bond acceptors (Lipinski definition) is 5. The average Bonchev–Trinajstić information content (AvgIpc) is 3.10. The van der Waals surface area contributed by atoms with Crippen LogP contribution in [-0.2, 0) is 21.4 Å². The lowest BCUT2D eigenvalue weighted by Gasteiger charge is -2.23. The minimum Gasteiger partial charge on any atom is -0.321 e. The second-order valence-electron chi connectivity index (χ2n) is 4.89. The highest BCUT2D eigenvalue weighted by Crippen LogP contribution is 2.41. The number of rotatable bonds is 4. The van der Waals surface area contributed by atoms with Crippen molar-refractivity contribution in [2.24, 2.45) is 5.14 Å². The smallest absolute Gasteiger partial charge is 0.238 e. The molecule has 2 aromatic rings. The number of thiophene rings is 1. The van der Waals surface area contributed by atoms with Crippen LogP contribution in [0, 0.1) is 0 Å². The van der Waals surface area contributed by atoms with Gasteiger partial charge in [0.15, 0.2) is 0 Å². The maximum Gasteiger partial charge on any atom is 0.238 e. The summed E-state index contributed by atoms with van der Waals surface area (Å²) in [6.07, 6.45) is 0. The number of thioether (sulfide) groups is 1. The number of amides is 1. The first kappa shape index (κ1) is 15.5. The zero-order valence-electron chi connectivity index (χ0n) is 11.5. The number of nitrogens with two attached hydrogens (primary N) is 1. The van der Waals surface area contributed by atoms with Gasteiger partial charge in [-0.25, -0.2) is 13.6 Å². The topological polar surface area (TPSA) is 80.5 Å². The summed E-state index contributed by atoms with van der Waals surface area (Å²) in [7, 11) is -3.69. The Labute approximate surface area is 137 Å². The molecule has 2 N–H and O–H groups in total. The molecule has 1 aromatic carbocycles. The summed E-state index contributed by atoms with van der Waals surface area (Å²) in [4.78, 5) is 15.2. The summed E-state index contributed by atoms with van der Waals surface area (Å²) in [6.45, 7) is 0.458. The standard InChI is InChI=1S/C14H14N2O3S3/c15-22(18,19)11-5-3-10(4-6-11)8-16-13(17)9-21-14(16)12-2-1-7-20-12/h1-7,14H,8-9H2,(H2,15,18,19). The van der Waals surface area contributed by atoms with Crippen LogP contribution in [0.4, 0.5) is 0 Å². The molecular formula is C14H14N2O3S3. The molecule has 1 aliphatic heterocycles. The number of sulfonamides is 1. The third-order valence-electron chi connectivity index (χ3n) is 3.36. The lowest BCUT2D eigenvalue weighted by Crippen LogP contribution is -2.27. The Kier molecular flexibility index (Phi) is 4.26. The van der Waals surface area contributed by atoms with Crippen molar-refractivity contribution in [1.82, 2.24) is 4.90 Å². The predicted octanol–water partition coefficient (Wildman–Crippen LogP) is 2.17. The molecule has 3 rings (SSSR count). The molecule has 5 nitrogen and oxygen atoms in total. The molecule has 22 heavy (non-hydrogen) atoms. The Morgan fingerprint density at radius 3 is 2.55 bits per heavy atom. The monoisotopic (exact) mass is 354 g/mol. The fraction of sp³-hybridized carbons (Fsp3) is 0.214. The molecule has 0 saturated carbocycles. The van der Waals surface area contributed by atoms with Gasteiger partial charge in [-0.2, -0.15) is 0 Å². The molecule has 1 aromatic heterocycles. The van der Waals surface area contributed by atoms with Crippen molar-refractivity contribution >= 4 is 39.0 Å². The maximum absolute atomic E-state index is 12.1. The molecule has 1 aliphatic rings. The van der Waals surface area contributed by atoms with Crippen molar-refractivity contribution in [2.45, 2.75) is 16.8 Å². The minimum absolute atomic E-state index is 0.0328. The van der Waals surface area contributed by atoms with E-state index in [-0.39, 0.29) is 16.2 Å². The number of nitrogens with zero attached hydrogens (tertiary/aromatic N) is 1. The molecule has 1 amide bonds. The van der Waals surface area contributed by atoms with Crippen LogP contribution in [0.1, 0.15) is 15.8 Å². The first-order valence-corrected chi connectivity index (χ1v) is 9.99. The van der Waals surface area contributed by atoms with Gasteiger partial charge in [0.1, 0.15) is 5.37 Å². The molecule has 0 aliphatic carbocycles. The number of benzene rings is 1. The largest absolute Gasteiger partial charge is 0.321 e. The Bertz CT molecular complexity index is 770. The van der Waals surface area contributed by atoms with Gasteiger partial charge in [-0.1, -0.05) is 18.2 Å². The van der Waals surface area contributed by atoms with Crippen molar-refractivity contribution in [1.29, 1.82) is 0 Å². The summed E-state index contributed by atoms with van der Waals surface area (Å²) in [6, 6.07) is 10.3. The van der Waals surface area contributed by atoms with Gasteiger partial charge in [0.2, 0.25) is 15.9 Å². The molecule has 1 fully saturated rings. The summed E-state index contributed by atoms with van der Waals surface area (Å²) >= 11 is 3.25. The van der Waals surface area contributed by atoms with Gasteiger partial charge in [-0.15, -0.1) is 23.1 Å². The fourth-order valence-electron chi connectivity index (χ4n) is 2.27. The lowest BCUT2D eigenvalue weighted by molar-refractivity contribution is -0.128. The normalized spacial score (nSPS) is 18.9. The van der Waals surface area contributed by atoms with Crippen LogP contribution in [0.25, 0.3) is 0 Å². The van der Waals surface area contributed by atoms with Crippen molar-refractivity contribution in [3.05, 3.63) is 52.2 Å². The van der Waals surface area contributed by atoms with Gasteiger partial charge in [-0.05, 0) is 29.1 Å². The van der Waals surface area contributed by atoms with E-state index in [9.17, 15) is 13.2 Å². The van der Waals surface area contributed by atoms with Gasteiger partial charge >= 0.3 is 0 Å². The molecule has 1 unspecified atom stereocenters. The molecule has 1 atom stereocenters. The van der Waals surface area contributed by atoms with E-state index in [0.29, 0.717) is 12.3 Å². The van der Waals surface area contributed by atoms with Crippen LogP contribution in [0.2, 0.25) is 0 Å². The highest BCUT2D eigenvalue weighted by Gasteiger charge is 2.33. The minimum atomic E-state index is -3.69. The van der Waals surface area contributed by atoms with E-state index in [0.717, 1.165) is 10.4 Å². The zero-order valence-corrected chi connectivity index (χ0v) is 14.0. The van der Waals surface area contributed by atoms with Gasteiger partial charge in [0.25, 0.3) is 0 Å². The molecule has 0 radical (unpaired) electrons. The van der Waals surface area contributed by atoms with E-state index in [1.165, 1.54) is 12.1 Å². The molecule has 0 bridgehead atoms. The van der Waals surface area contributed by atoms with Crippen LogP contribution in [-0.4, -0.2) is 25.0 Å². The van der Waals surface area contributed by atoms with E-state index in [2.05, 4.69) is 0 Å². The second-order valence-corrected chi connectivity index (χ2v) is 8.50. The Hall–Kier alpha value is -1.35. The molecule has 2 heterocycles. The van der Waals surface area contributed by atoms with E-state index >= 15 is 0 Å². The average molecular weight is 354 g/mol. The third kappa shape index (κ3) is 3.19. The summed E-state index contributed by atoms with van der Waals surface area (Å²) in [5, 5.41) is 7.12. The van der Waals surface area contributed by atoms with E-state index in [1.54, 1.807) is 35.2 Å². The second kappa shape index (κ2) is 6.04. The Morgan fingerprint density at radius 1 is 1.23 bits per heavy atom. The summed E-state index contributed by atoms with van der Waals surface area (Å²) < 4.78 is 22.5. The highest BCUT2D eigenvalue weighted by atomic mass is 32.2.